The summed E-state index contributed by atoms with van der Waals surface area (Å²) >= 11 is 0. The van der Waals surface area contributed by atoms with Gasteiger partial charge < -0.3 is 24.7 Å². The van der Waals surface area contributed by atoms with Crippen molar-refractivity contribution in [2.24, 2.45) is 0 Å². The number of carboxylic acids is 2. The summed E-state index contributed by atoms with van der Waals surface area (Å²) in [5, 5.41) is 20.5. The summed E-state index contributed by atoms with van der Waals surface area (Å²) in [6.45, 7) is 19.5. The SMILES string of the molecule is Cc1cc(C)c(C(C)(C)CCO[Si](C)(C)C(C)(C)C)c(OC(=O)N[C@@H](CCC(=O)O)C(=O)O)c1. The number of carbonyl (C=O) groups is 3. The quantitative estimate of drug-likeness (QED) is 0.351. The van der Waals surface area contributed by atoms with E-state index in [9.17, 15) is 19.5 Å². The Balaban J connectivity index is 3.09. The first-order valence-corrected chi connectivity index (χ1v) is 14.5. The van der Waals surface area contributed by atoms with Gasteiger partial charge in [-0.3, -0.25) is 4.79 Å². The minimum atomic E-state index is -1.91. The summed E-state index contributed by atoms with van der Waals surface area (Å²) in [6, 6.07) is 2.42. The lowest BCUT2D eigenvalue weighted by Gasteiger charge is -2.37. The molecule has 0 saturated heterocycles. The van der Waals surface area contributed by atoms with Crippen LogP contribution in [0.1, 0.15) is 70.6 Å². The summed E-state index contributed by atoms with van der Waals surface area (Å²) in [7, 11) is -1.91. The molecule has 0 fully saturated rings. The van der Waals surface area contributed by atoms with Crippen molar-refractivity contribution in [3.8, 4) is 5.75 Å². The smallest absolute Gasteiger partial charge is 0.413 e. The molecule has 0 aliphatic carbocycles. The fraction of sp³-hybridized carbons (Fsp3) is 0.640. The van der Waals surface area contributed by atoms with E-state index in [4.69, 9.17) is 14.3 Å². The number of carbonyl (C=O) groups excluding carboxylic acids is 1. The molecule has 192 valence electrons. The van der Waals surface area contributed by atoms with Crippen LogP contribution in [0, 0.1) is 13.8 Å². The van der Waals surface area contributed by atoms with Gasteiger partial charge in [-0.25, -0.2) is 9.59 Å². The standard InChI is InChI=1S/C25H41NO7Si/c1-16-14-17(2)21(25(6,7)12-13-32-34(8,9)24(3,4)5)19(15-16)33-23(31)26-18(22(29)30)10-11-20(27)28/h14-15,18H,10-13H2,1-9H3,(H,26,31)(H,27,28)(H,29,30)/t18-/m0/s1. The number of benzene rings is 1. The van der Waals surface area contributed by atoms with E-state index < -0.39 is 32.4 Å². The maximum absolute atomic E-state index is 12.6. The third-order valence-corrected chi connectivity index (χ3v) is 11.1. The van der Waals surface area contributed by atoms with E-state index in [1.54, 1.807) is 6.07 Å². The molecule has 1 aromatic rings. The predicted octanol–water partition coefficient (Wildman–Crippen LogP) is 5.40. The molecule has 0 aliphatic heterocycles. The zero-order valence-corrected chi connectivity index (χ0v) is 23.0. The van der Waals surface area contributed by atoms with Crippen molar-refractivity contribution in [1.82, 2.24) is 5.32 Å². The first-order chi connectivity index (χ1) is 15.4. The average Bonchev–Trinajstić information content (AvgIpc) is 2.62. The summed E-state index contributed by atoms with van der Waals surface area (Å²) in [4.78, 5) is 34.8. The Morgan fingerprint density at radius 3 is 2.15 bits per heavy atom. The molecule has 0 saturated carbocycles. The largest absolute Gasteiger partial charge is 0.481 e. The van der Waals surface area contributed by atoms with Gasteiger partial charge in [-0.1, -0.05) is 40.7 Å². The van der Waals surface area contributed by atoms with Crippen molar-refractivity contribution >= 4 is 26.3 Å². The molecule has 34 heavy (non-hydrogen) atoms. The van der Waals surface area contributed by atoms with Crippen LogP contribution in [0.15, 0.2) is 12.1 Å². The van der Waals surface area contributed by atoms with Gasteiger partial charge in [0.25, 0.3) is 0 Å². The molecule has 9 heteroatoms. The van der Waals surface area contributed by atoms with Crippen molar-refractivity contribution in [2.45, 2.75) is 97.3 Å². The highest BCUT2D eigenvalue weighted by atomic mass is 28.4. The van der Waals surface area contributed by atoms with Crippen molar-refractivity contribution in [3.63, 3.8) is 0 Å². The van der Waals surface area contributed by atoms with Crippen molar-refractivity contribution < 1.29 is 33.8 Å². The molecular weight excluding hydrogens is 454 g/mol. The molecule has 0 bridgehead atoms. The first-order valence-electron chi connectivity index (χ1n) is 11.6. The Morgan fingerprint density at radius 1 is 1.06 bits per heavy atom. The third-order valence-electron chi connectivity index (χ3n) is 6.56. The summed E-state index contributed by atoms with van der Waals surface area (Å²) in [6.07, 6.45) is -0.849. The second kappa shape index (κ2) is 11.4. The highest BCUT2D eigenvalue weighted by Gasteiger charge is 2.38. The fourth-order valence-electron chi connectivity index (χ4n) is 3.58. The second-order valence-corrected chi connectivity index (χ2v) is 15.9. The van der Waals surface area contributed by atoms with Crippen LogP contribution in [0.2, 0.25) is 18.1 Å². The Morgan fingerprint density at radius 2 is 1.65 bits per heavy atom. The van der Waals surface area contributed by atoms with E-state index in [1.165, 1.54) is 0 Å². The molecule has 0 spiro atoms. The maximum atomic E-state index is 12.6. The Kier molecular flexibility index (Phi) is 9.90. The molecule has 3 N–H and O–H groups in total. The molecule has 0 unspecified atom stereocenters. The molecule has 1 atom stereocenters. The molecule has 0 heterocycles. The normalized spacial score (nSPS) is 13.3. The zero-order chi connectivity index (χ0) is 26.5. The molecule has 1 amide bonds. The number of hydrogen-bond donors (Lipinski definition) is 3. The highest BCUT2D eigenvalue weighted by Crippen LogP contribution is 2.40. The number of ether oxygens (including phenoxy) is 1. The molecule has 0 radical (unpaired) electrons. The third kappa shape index (κ3) is 8.43. The van der Waals surface area contributed by atoms with Gasteiger partial charge >= 0.3 is 18.0 Å². The van der Waals surface area contributed by atoms with Gasteiger partial charge in [0.05, 0.1) is 0 Å². The van der Waals surface area contributed by atoms with E-state index in [0.29, 0.717) is 18.8 Å². The van der Waals surface area contributed by atoms with Gasteiger partial charge in [0.15, 0.2) is 8.32 Å². The van der Waals surface area contributed by atoms with Crippen molar-refractivity contribution in [2.75, 3.05) is 6.61 Å². The number of aryl methyl sites for hydroxylation is 2. The van der Waals surface area contributed by atoms with Crippen LogP contribution in [0.3, 0.4) is 0 Å². The predicted molar refractivity (Wildman–Crippen MR) is 134 cm³/mol. The van der Waals surface area contributed by atoms with E-state index in [0.717, 1.165) is 16.7 Å². The van der Waals surface area contributed by atoms with Gasteiger partial charge in [0.1, 0.15) is 11.8 Å². The lowest BCUT2D eigenvalue weighted by molar-refractivity contribution is -0.140. The average molecular weight is 496 g/mol. The minimum Gasteiger partial charge on any atom is -0.481 e. The second-order valence-electron chi connectivity index (χ2n) is 11.1. The Bertz CT molecular complexity index is 903. The van der Waals surface area contributed by atoms with Gasteiger partial charge in [0, 0.05) is 18.6 Å². The zero-order valence-electron chi connectivity index (χ0n) is 22.0. The van der Waals surface area contributed by atoms with Crippen LogP contribution in [-0.4, -0.2) is 49.2 Å². The summed E-state index contributed by atoms with van der Waals surface area (Å²) < 4.78 is 12.0. The number of aliphatic carboxylic acids is 2. The van der Waals surface area contributed by atoms with Gasteiger partial charge in [-0.05, 0) is 67.4 Å². The minimum absolute atomic E-state index is 0.102. The maximum Gasteiger partial charge on any atom is 0.413 e. The molecular formula is C25H41NO7Si. The van der Waals surface area contributed by atoms with Gasteiger partial charge in [-0.15, -0.1) is 0 Å². The number of hydrogen-bond acceptors (Lipinski definition) is 5. The van der Waals surface area contributed by atoms with Crippen LogP contribution >= 0.6 is 0 Å². The van der Waals surface area contributed by atoms with Crippen LogP contribution in [-0.2, 0) is 19.4 Å². The van der Waals surface area contributed by atoms with Crippen molar-refractivity contribution in [1.29, 1.82) is 0 Å². The lowest BCUT2D eigenvalue weighted by atomic mass is 9.78. The number of nitrogens with one attached hydrogen (secondary N) is 1. The summed E-state index contributed by atoms with van der Waals surface area (Å²) in [5.41, 5.74) is 2.33. The number of rotatable bonds is 11. The molecule has 0 aliphatic rings. The summed E-state index contributed by atoms with van der Waals surface area (Å²) in [5.74, 6) is -2.10. The molecule has 0 aromatic heterocycles. The Hall–Kier alpha value is -2.39. The van der Waals surface area contributed by atoms with Gasteiger partial charge in [0.2, 0.25) is 0 Å². The van der Waals surface area contributed by atoms with Crippen LogP contribution < -0.4 is 10.1 Å². The topological polar surface area (TPSA) is 122 Å². The van der Waals surface area contributed by atoms with Crippen molar-refractivity contribution in [3.05, 3.63) is 28.8 Å². The Labute approximate surface area is 204 Å². The monoisotopic (exact) mass is 495 g/mol. The molecule has 1 rings (SSSR count). The van der Waals surface area contributed by atoms with Crippen LogP contribution in [0.4, 0.5) is 4.79 Å². The molecule has 1 aromatic carbocycles. The van der Waals surface area contributed by atoms with Crippen LogP contribution in [0.25, 0.3) is 0 Å². The van der Waals surface area contributed by atoms with E-state index in [1.807, 2.05) is 19.9 Å². The van der Waals surface area contributed by atoms with E-state index in [2.05, 4.69) is 53.0 Å². The molecule has 8 nitrogen and oxygen atoms in total. The van der Waals surface area contributed by atoms with E-state index in [-0.39, 0.29) is 23.3 Å². The fourth-order valence-corrected chi connectivity index (χ4v) is 4.62. The van der Waals surface area contributed by atoms with E-state index >= 15 is 0 Å². The number of amides is 1. The number of carboxylic acid groups (broad SMARTS) is 2. The lowest BCUT2D eigenvalue weighted by Crippen LogP contribution is -2.43. The first kappa shape index (κ1) is 29.6. The van der Waals surface area contributed by atoms with Gasteiger partial charge in [-0.2, -0.15) is 0 Å². The van der Waals surface area contributed by atoms with Crippen LogP contribution in [0.5, 0.6) is 5.75 Å². The highest BCUT2D eigenvalue weighted by molar-refractivity contribution is 6.74.